The van der Waals surface area contributed by atoms with Crippen molar-refractivity contribution in [2.45, 2.75) is 59.8 Å². The Morgan fingerprint density at radius 2 is 1.36 bits per heavy atom. The van der Waals surface area contributed by atoms with Crippen LogP contribution in [0.1, 0.15) is 59.8 Å². The van der Waals surface area contributed by atoms with Crippen LogP contribution in [0, 0.1) is 17.8 Å². The molecular formula is C13H28O. The molecule has 0 aromatic carbocycles. The van der Waals surface area contributed by atoms with Gasteiger partial charge in [0.05, 0.1) is 0 Å². The van der Waals surface area contributed by atoms with Gasteiger partial charge in [-0.1, -0.05) is 53.4 Å². The minimum absolute atomic E-state index is 0.346. The fraction of sp³-hybridized carbons (Fsp3) is 1.00. The van der Waals surface area contributed by atoms with Gasteiger partial charge >= 0.3 is 0 Å². The molecule has 1 heteroatoms. The molecule has 0 saturated heterocycles. The first-order valence-corrected chi connectivity index (χ1v) is 6.17. The van der Waals surface area contributed by atoms with Crippen LogP contribution in [0.25, 0.3) is 0 Å². The van der Waals surface area contributed by atoms with Gasteiger partial charge in [-0.05, 0) is 24.2 Å². The number of hydrogen-bond donors (Lipinski definition) is 1. The fourth-order valence-electron chi connectivity index (χ4n) is 1.68. The second-order valence-electron chi connectivity index (χ2n) is 5.30. The van der Waals surface area contributed by atoms with E-state index in [0.29, 0.717) is 12.5 Å². The third-order valence-electron chi connectivity index (χ3n) is 2.94. The van der Waals surface area contributed by atoms with Crippen LogP contribution < -0.4 is 0 Å². The average molecular weight is 200 g/mol. The van der Waals surface area contributed by atoms with Crippen molar-refractivity contribution in [2.24, 2.45) is 17.8 Å². The molecule has 0 rings (SSSR count). The molecule has 0 heterocycles. The molecule has 86 valence electrons. The predicted octanol–water partition coefficient (Wildman–Crippen LogP) is 3.86. The second-order valence-corrected chi connectivity index (χ2v) is 5.30. The third-order valence-corrected chi connectivity index (χ3v) is 2.94. The van der Waals surface area contributed by atoms with Crippen molar-refractivity contribution in [3.05, 3.63) is 0 Å². The molecule has 0 saturated carbocycles. The maximum absolute atomic E-state index is 8.90. The van der Waals surface area contributed by atoms with Crippen molar-refractivity contribution in [3.63, 3.8) is 0 Å². The number of aliphatic hydroxyl groups is 1. The minimum atomic E-state index is 0.346. The van der Waals surface area contributed by atoms with Gasteiger partial charge < -0.3 is 5.11 Å². The van der Waals surface area contributed by atoms with Crippen molar-refractivity contribution >= 4 is 0 Å². The largest absolute Gasteiger partial charge is 0.396 e. The molecule has 0 amide bonds. The summed E-state index contributed by atoms with van der Waals surface area (Å²) in [5, 5.41) is 8.90. The molecular weight excluding hydrogens is 172 g/mol. The molecule has 0 bridgehead atoms. The van der Waals surface area contributed by atoms with E-state index in [1.165, 1.54) is 32.1 Å². The molecule has 0 aliphatic rings. The number of aliphatic hydroxyl groups excluding tert-OH is 1. The first kappa shape index (κ1) is 14.0. The second kappa shape index (κ2) is 8.28. The first-order chi connectivity index (χ1) is 6.56. The van der Waals surface area contributed by atoms with Gasteiger partial charge in [0.1, 0.15) is 0 Å². The van der Waals surface area contributed by atoms with Gasteiger partial charge in [-0.25, -0.2) is 0 Å². The van der Waals surface area contributed by atoms with Gasteiger partial charge in [0.25, 0.3) is 0 Å². The number of hydrogen-bond acceptors (Lipinski definition) is 1. The van der Waals surface area contributed by atoms with Crippen LogP contribution in [-0.2, 0) is 0 Å². The summed E-state index contributed by atoms with van der Waals surface area (Å²) in [5.41, 5.74) is 0. The van der Waals surface area contributed by atoms with E-state index in [9.17, 15) is 0 Å². The first-order valence-electron chi connectivity index (χ1n) is 6.17. The zero-order valence-electron chi connectivity index (χ0n) is 10.4. The van der Waals surface area contributed by atoms with E-state index in [0.717, 1.165) is 11.8 Å². The van der Waals surface area contributed by atoms with E-state index >= 15 is 0 Å². The van der Waals surface area contributed by atoms with E-state index in [2.05, 4.69) is 27.7 Å². The Hall–Kier alpha value is -0.0400. The van der Waals surface area contributed by atoms with Gasteiger partial charge in [-0.2, -0.15) is 0 Å². The van der Waals surface area contributed by atoms with Crippen LogP contribution in [0.4, 0.5) is 0 Å². The lowest BCUT2D eigenvalue weighted by molar-refractivity contribution is 0.221. The van der Waals surface area contributed by atoms with Crippen molar-refractivity contribution in [1.29, 1.82) is 0 Å². The zero-order chi connectivity index (χ0) is 11.0. The summed E-state index contributed by atoms with van der Waals surface area (Å²) in [6, 6.07) is 0. The summed E-state index contributed by atoms with van der Waals surface area (Å²) in [7, 11) is 0. The van der Waals surface area contributed by atoms with Crippen LogP contribution in [0.2, 0.25) is 0 Å². The van der Waals surface area contributed by atoms with E-state index < -0.39 is 0 Å². The molecule has 0 aromatic heterocycles. The SMILES string of the molecule is CC(C)CCCC(C)CCC(C)CO. The Bertz CT molecular complexity index is 120. The summed E-state index contributed by atoms with van der Waals surface area (Å²) < 4.78 is 0. The highest BCUT2D eigenvalue weighted by molar-refractivity contribution is 4.58. The lowest BCUT2D eigenvalue weighted by atomic mass is 9.93. The molecule has 0 radical (unpaired) electrons. The van der Waals surface area contributed by atoms with E-state index in [1.807, 2.05) is 0 Å². The van der Waals surface area contributed by atoms with Crippen molar-refractivity contribution in [2.75, 3.05) is 6.61 Å². The average Bonchev–Trinajstić information content (AvgIpc) is 2.13. The van der Waals surface area contributed by atoms with Crippen LogP contribution in [0.15, 0.2) is 0 Å². The third kappa shape index (κ3) is 8.55. The van der Waals surface area contributed by atoms with Gasteiger partial charge in [-0.3, -0.25) is 0 Å². The Labute approximate surface area is 89.9 Å². The Kier molecular flexibility index (Phi) is 8.26. The molecule has 0 spiro atoms. The summed E-state index contributed by atoms with van der Waals surface area (Å²) in [5.74, 6) is 2.17. The van der Waals surface area contributed by atoms with E-state index in [4.69, 9.17) is 5.11 Å². The predicted molar refractivity (Wildman–Crippen MR) is 63.3 cm³/mol. The van der Waals surface area contributed by atoms with Crippen molar-refractivity contribution in [1.82, 2.24) is 0 Å². The van der Waals surface area contributed by atoms with Crippen LogP contribution in [-0.4, -0.2) is 11.7 Å². The molecule has 0 fully saturated rings. The van der Waals surface area contributed by atoms with E-state index in [1.54, 1.807) is 0 Å². The Morgan fingerprint density at radius 3 is 1.86 bits per heavy atom. The highest BCUT2D eigenvalue weighted by Crippen LogP contribution is 2.18. The number of rotatable bonds is 8. The minimum Gasteiger partial charge on any atom is -0.396 e. The summed E-state index contributed by atoms with van der Waals surface area (Å²) in [6.45, 7) is 9.39. The molecule has 1 N–H and O–H groups in total. The highest BCUT2D eigenvalue weighted by Gasteiger charge is 2.06. The molecule has 2 unspecified atom stereocenters. The van der Waals surface area contributed by atoms with Crippen LogP contribution in [0.5, 0.6) is 0 Å². The van der Waals surface area contributed by atoms with Gasteiger partial charge in [0.15, 0.2) is 0 Å². The van der Waals surface area contributed by atoms with Gasteiger partial charge in [-0.15, -0.1) is 0 Å². The monoisotopic (exact) mass is 200 g/mol. The molecule has 0 aliphatic heterocycles. The summed E-state index contributed by atoms with van der Waals surface area (Å²) in [6.07, 6.45) is 6.54. The lowest BCUT2D eigenvalue weighted by Crippen LogP contribution is -2.04. The molecule has 14 heavy (non-hydrogen) atoms. The maximum atomic E-state index is 8.90. The summed E-state index contributed by atoms with van der Waals surface area (Å²) >= 11 is 0. The fourth-order valence-corrected chi connectivity index (χ4v) is 1.68. The highest BCUT2D eigenvalue weighted by atomic mass is 16.3. The summed E-state index contributed by atoms with van der Waals surface area (Å²) in [4.78, 5) is 0. The topological polar surface area (TPSA) is 20.2 Å². The Balaban J connectivity index is 3.32. The van der Waals surface area contributed by atoms with Gasteiger partial charge in [0, 0.05) is 6.61 Å². The Morgan fingerprint density at radius 1 is 0.786 bits per heavy atom. The van der Waals surface area contributed by atoms with Crippen LogP contribution in [0.3, 0.4) is 0 Å². The molecule has 1 nitrogen and oxygen atoms in total. The lowest BCUT2D eigenvalue weighted by Gasteiger charge is -2.14. The van der Waals surface area contributed by atoms with E-state index in [-0.39, 0.29) is 0 Å². The standard InChI is InChI=1S/C13H28O/c1-11(2)6-5-7-12(3)8-9-13(4)10-14/h11-14H,5-10H2,1-4H3. The van der Waals surface area contributed by atoms with Crippen molar-refractivity contribution in [3.8, 4) is 0 Å². The van der Waals surface area contributed by atoms with Gasteiger partial charge in [0.2, 0.25) is 0 Å². The van der Waals surface area contributed by atoms with Crippen molar-refractivity contribution < 1.29 is 5.11 Å². The zero-order valence-corrected chi connectivity index (χ0v) is 10.4. The quantitative estimate of drug-likeness (QED) is 0.631. The smallest absolute Gasteiger partial charge is 0.0456 e. The molecule has 0 aliphatic carbocycles. The van der Waals surface area contributed by atoms with Crippen LogP contribution >= 0.6 is 0 Å². The normalized spacial score (nSPS) is 15.9. The molecule has 2 atom stereocenters. The maximum Gasteiger partial charge on any atom is 0.0456 e. The molecule has 0 aromatic rings.